The summed E-state index contributed by atoms with van der Waals surface area (Å²) in [6, 6.07) is 4.06. The highest BCUT2D eigenvalue weighted by molar-refractivity contribution is 14.1. The van der Waals surface area contributed by atoms with Crippen LogP contribution in [0, 0.1) is 0 Å². The molecule has 0 amide bonds. The molecule has 2 aromatic heterocycles. The summed E-state index contributed by atoms with van der Waals surface area (Å²) in [5.41, 5.74) is 5.53. The molecule has 2 bridgehead atoms. The maximum atomic E-state index is 4.82. The molecule has 2 saturated heterocycles. The lowest BCUT2D eigenvalue weighted by atomic mass is 10.0. The topological polar surface area (TPSA) is 53.1 Å². The average molecular weight is 545 g/mol. The summed E-state index contributed by atoms with van der Waals surface area (Å²) in [7, 11) is 0. The number of hydrogen-bond donors (Lipinski definition) is 2. The van der Waals surface area contributed by atoms with Crippen molar-refractivity contribution in [2.75, 3.05) is 5.32 Å². The summed E-state index contributed by atoms with van der Waals surface area (Å²) in [5.74, 6) is 0. The van der Waals surface area contributed by atoms with Gasteiger partial charge in [0.25, 0.3) is 0 Å². The maximum absolute atomic E-state index is 4.82. The number of aromatic nitrogens is 2. The van der Waals surface area contributed by atoms with Crippen molar-refractivity contribution in [2.24, 2.45) is 0 Å². The quantitative estimate of drug-likeness (QED) is 0.449. The fraction of sp³-hybridized carbons (Fsp3) is 0.417. The molecule has 5 nitrogen and oxygen atoms in total. The van der Waals surface area contributed by atoms with Gasteiger partial charge in [0.15, 0.2) is 5.13 Å². The van der Waals surface area contributed by atoms with E-state index in [0.29, 0.717) is 18.1 Å². The summed E-state index contributed by atoms with van der Waals surface area (Å²) in [6.45, 7) is 6.32. The Labute approximate surface area is 201 Å². The third-order valence-electron chi connectivity index (χ3n) is 6.13. The molecule has 5 heterocycles. The van der Waals surface area contributed by atoms with Crippen molar-refractivity contribution in [3.63, 3.8) is 0 Å². The van der Waals surface area contributed by atoms with Crippen LogP contribution >= 0.6 is 33.9 Å². The Morgan fingerprint density at radius 1 is 1.29 bits per heavy atom. The average Bonchev–Trinajstić information content (AvgIpc) is 3.28. The minimum atomic E-state index is 0.522. The Balaban J connectivity index is 1.41. The minimum Gasteiger partial charge on any atom is -0.359 e. The van der Waals surface area contributed by atoms with Crippen LogP contribution in [0.5, 0.6) is 0 Å². The third kappa shape index (κ3) is 4.45. The molecule has 3 aliphatic heterocycles. The molecule has 2 aromatic rings. The van der Waals surface area contributed by atoms with Gasteiger partial charge in [0.2, 0.25) is 0 Å². The van der Waals surface area contributed by atoms with Crippen LogP contribution in [0.1, 0.15) is 52.1 Å². The van der Waals surface area contributed by atoms with Crippen molar-refractivity contribution in [3.8, 4) is 0 Å². The van der Waals surface area contributed by atoms with E-state index in [1.807, 2.05) is 6.20 Å². The van der Waals surface area contributed by atoms with E-state index in [4.69, 9.17) is 9.97 Å². The lowest BCUT2D eigenvalue weighted by molar-refractivity contribution is 0.378. The molecular formula is C24H28IN5S. The zero-order chi connectivity index (χ0) is 21.5. The van der Waals surface area contributed by atoms with Gasteiger partial charge in [0.05, 0.1) is 22.3 Å². The van der Waals surface area contributed by atoms with E-state index in [1.54, 1.807) is 11.3 Å². The summed E-state index contributed by atoms with van der Waals surface area (Å²) in [6.07, 6.45) is 15.6. The second-order valence-electron chi connectivity index (χ2n) is 8.87. The minimum absolute atomic E-state index is 0.522. The van der Waals surface area contributed by atoms with Gasteiger partial charge in [-0.2, -0.15) is 0 Å². The zero-order valence-electron chi connectivity index (χ0n) is 18.2. The number of pyridine rings is 1. The standard InChI is InChI=1S/C24H28IN5S/c1-4-22-19(25)7-15(13-30(22)12-14(2)3)20-10-23-21(11-26-20)29-24(31-23)28-18-8-16-5-6-17(9-18)27-16/h4,7,10-13,16-18,27H,5-6,8-9H2,1-3H3,(H,28,29)/b22-4-. The van der Waals surface area contributed by atoms with E-state index in [2.05, 4.69) is 89.5 Å². The van der Waals surface area contributed by atoms with Crippen molar-refractivity contribution in [3.05, 3.63) is 57.4 Å². The SMILES string of the molecule is C/C=C1/C(I)=CC(c2cc3sc(NC4CC5CCC(C4)N5)nc3cn2)=CN1C=C(C)C. The first-order chi connectivity index (χ1) is 15.0. The largest absolute Gasteiger partial charge is 0.359 e. The normalized spacial score (nSPS) is 26.8. The first kappa shape index (κ1) is 21.2. The van der Waals surface area contributed by atoms with Crippen molar-refractivity contribution < 1.29 is 0 Å². The van der Waals surface area contributed by atoms with Gasteiger partial charge in [-0.05, 0) is 81.2 Å². The molecule has 2 N–H and O–H groups in total. The van der Waals surface area contributed by atoms with Crippen LogP contribution in [0.3, 0.4) is 0 Å². The van der Waals surface area contributed by atoms with Crippen LogP contribution in [0.25, 0.3) is 15.8 Å². The van der Waals surface area contributed by atoms with Gasteiger partial charge in [-0.25, -0.2) is 4.98 Å². The number of piperidine rings is 1. The van der Waals surface area contributed by atoms with Crippen LogP contribution in [0.4, 0.5) is 5.13 Å². The summed E-state index contributed by atoms with van der Waals surface area (Å²) >= 11 is 4.15. The van der Waals surface area contributed by atoms with Crippen LogP contribution in [-0.4, -0.2) is 33.0 Å². The van der Waals surface area contributed by atoms with Crippen LogP contribution in [0.2, 0.25) is 0 Å². The van der Waals surface area contributed by atoms with Gasteiger partial charge in [-0.3, -0.25) is 4.98 Å². The number of anilines is 1. The molecule has 3 aliphatic rings. The highest BCUT2D eigenvalue weighted by Crippen LogP contribution is 2.36. The molecule has 162 valence electrons. The molecule has 0 radical (unpaired) electrons. The van der Waals surface area contributed by atoms with Gasteiger partial charge in [0, 0.05) is 39.7 Å². The highest BCUT2D eigenvalue weighted by atomic mass is 127. The second kappa shape index (κ2) is 8.67. The number of allylic oxidation sites excluding steroid dienone is 5. The van der Waals surface area contributed by atoms with Gasteiger partial charge in [-0.15, -0.1) is 0 Å². The summed E-state index contributed by atoms with van der Waals surface area (Å²) in [4.78, 5) is 11.8. The molecule has 2 atom stereocenters. The molecule has 2 unspecified atom stereocenters. The van der Waals surface area contributed by atoms with E-state index < -0.39 is 0 Å². The van der Waals surface area contributed by atoms with Gasteiger partial charge in [0.1, 0.15) is 5.52 Å². The lowest BCUT2D eigenvalue weighted by Gasteiger charge is -2.29. The van der Waals surface area contributed by atoms with Crippen molar-refractivity contribution in [2.45, 2.75) is 64.6 Å². The zero-order valence-corrected chi connectivity index (χ0v) is 21.1. The fourth-order valence-corrected chi connectivity index (χ4v) is 6.68. The number of hydrogen-bond acceptors (Lipinski definition) is 6. The fourth-order valence-electron chi connectivity index (χ4n) is 4.80. The number of halogens is 1. The van der Waals surface area contributed by atoms with E-state index >= 15 is 0 Å². The predicted molar refractivity (Wildman–Crippen MR) is 139 cm³/mol. The first-order valence-electron chi connectivity index (χ1n) is 11.0. The van der Waals surface area contributed by atoms with Crippen molar-refractivity contribution >= 4 is 54.8 Å². The summed E-state index contributed by atoms with van der Waals surface area (Å²) in [5, 5.41) is 8.44. The molecular weight excluding hydrogens is 517 g/mol. The monoisotopic (exact) mass is 545 g/mol. The predicted octanol–water partition coefficient (Wildman–Crippen LogP) is 6.19. The van der Waals surface area contributed by atoms with Gasteiger partial charge >= 0.3 is 0 Å². The second-order valence-corrected chi connectivity index (χ2v) is 11.1. The summed E-state index contributed by atoms with van der Waals surface area (Å²) < 4.78 is 2.39. The van der Waals surface area contributed by atoms with Gasteiger partial charge < -0.3 is 15.5 Å². The molecule has 7 heteroatoms. The van der Waals surface area contributed by atoms with E-state index in [-0.39, 0.29) is 0 Å². The third-order valence-corrected chi connectivity index (χ3v) is 7.94. The van der Waals surface area contributed by atoms with Gasteiger partial charge in [-0.1, -0.05) is 23.0 Å². The molecule has 5 rings (SSSR count). The Morgan fingerprint density at radius 3 is 2.77 bits per heavy atom. The molecule has 0 aromatic carbocycles. The molecule has 2 fully saturated rings. The van der Waals surface area contributed by atoms with Crippen molar-refractivity contribution in [1.82, 2.24) is 20.2 Å². The Morgan fingerprint density at radius 2 is 2.06 bits per heavy atom. The van der Waals surface area contributed by atoms with Crippen LogP contribution in [0.15, 0.2) is 51.7 Å². The van der Waals surface area contributed by atoms with E-state index in [1.165, 1.54) is 45.2 Å². The van der Waals surface area contributed by atoms with E-state index in [0.717, 1.165) is 21.9 Å². The molecule has 31 heavy (non-hydrogen) atoms. The number of fused-ring (bicyclic) bond motifs is 3. The van der Waals surface area contributed by atoms with Crippen LogP contribution in [-0.2, 0) is 0 Å². The molecule has 0 saturated carbocycles. The number of thiazole rings is 1. The molecule has 0 spiro atoms. The number of rotatable bonds is 4. The number of nitrogens with one attached hydrogen (secondary N) is 2. The molecule has 0 aliphatic carbocycles. The smallest absolute Gasteiger partial charge is 0.184 e. The lowest BCUT2D eigenvalue weighted by Crippen LogP contribution is -2.43. The Hall–Kier alpha value is -1.71. The van der Waals surface area contributed by atoms with Crippen molar-refractivity contribution in [1.29, 1.82) is 0 Å². The maximum Gasteiger partial charge on any atom is 0.184 e. The Kier molecular flexibility index (Phi) is 5.92. The highest BCUT2D eigenvalue weighted by Gasteiger charge is 2.33. The Bertz CT molecular complexity index is 1110. The van der Waals surface area contributed by atoms with Crippen LogP contribution < -0.4 is 10.6 Å². The first-order valence-corrected chi connectivity index (χ1v) is 12.9. The van der Waals surface area contributed by atoms with E-state index in [9.17, 15) is 0 Å². The number of nitrogens with zero attached hydrogens (tertiary/aromatic N) is 3.